The molecule has 17 heavy (non-hydrogen) atoms. The Hall–Kier alpha value is -2.02. The minimum absolute atomic E-state index is 0.0525. The monoisotopic (exact) mass is 231 g/mol. The van der Waals surface area contributed by atoms with E-state index in [0.717, 1.165) is 12.2 Å². The molecule has 0 bridgehead atoms. The van der Waals surface area contributed by atoms with Crippen LogP contribution in [0.5, 0.6) is 0 Å². The molecule has 0 atom stereocenters. The van der Waals surface area contributed by atoms with Crippen LogP contribution in [0.2, 0.25) is 0 Å². The average molecular weight is 231 g/mol. The number of carbonyl (C=O) groups is 1. The van der Waals surface area contributed by atoms with Gasteiger partial charge in [0.2, 0.25) is 0 Å². The topological polar surface area (TPSA) is 56.1 Å². The summed E-state index contributed by atoms with van der Waals surface area (Å²) in [5.74, 6) is -0.0525. The Morgan fingerprint density at radius 2 is 2.06 bits per heavy atom. The van der Waals surface area contributed by atoms with Crippen molar-refractivity contribution in [2.24, 2.45) is 0 Å². The third-order valence-corrected chi connectivity index (χ3v) is 2.42. The van der Waals surface area contributed by atoms with Gasteiger partial charge in [-0.15, -0.1) is 0 Å². The molecule has 1 amide bonds. The second-order valence-corrected chi connectivity index (χ2v) is 3.74. The SMILES string of the molecule is CCNc1ccc(C(=O)N(C)CCC#N)cc1. The first-order chi connectivity index (χ1) is 8.19. The van der Waals surface area contributed by atoms with Crippen molar-refractivity contribution in [1.29, 1.82) is 5.26 Å². The van der Waals surface area contributed by atoms with Gasteiger partial charge in [-0.05, 0) is 31.2 Å². The molecule has 1 aromatic rings. The van der Waals surface area contributed by atoms with E-state index < -0.39 is 0 Å². The van der Waals surface area contributed by atoms with Crippen molar-refractivity contribution in [3.05, 3.63) is 29.8 Å². The first kappa shape index (κ1) is 13.0. The smallest absolute Gasteiger partial charge is 0.253 e. The van der Waals surface area contributed by atoms with Crippen LogP contribution >= 0.6 is 0 Å². The minimum atomic E-state index is -0.0525. The van der Waals surface area contributed by atoms with Gasteiger partial charge in [0, 0.05) is 31.4 Å². The molecule has 0 unspecified atom stereocenters. The molecule has 1 N–H and O–H groups in total. The van der Waals surface area contributed by atoms with Crippen molar-refractivity contribution in [2.45, 2.75) is 13.3 Å². The zero-order valence-corrected chi connectivity index (χ0v) is 10.2. The second-order valence-electron chi connectivity index (χ2n) is 3.74. The number of hydrogen-bond donors (Lipinski definition) is 1. The molecule has 1 aromatic carbocycles. The molecule has 0 fully saturated rings. The van der Waals surface area contributed by atoms with Gasteiger partial charge in [-0.1, -0.05) is 0 Å². The summed E-state index contributed by atoms with van der Waals surface area (Å²) >= 11 is 0. The lowest BCUT2D eigenvalue weighted by atomic mass is 10.2. The van der Waals surface area contributed by atoms with Crippen molar-refractivity contribution < 1.29 is 4.79 Å². The Labute approximate surface area is 102 Å². The Bertz CT molecular complexity index is 406. The van der Waals surface area contributed by atoms with Gasteiger partial charge in [-0.25, -0.2) is 0 Å². The standard InChI is InChI=1S/C13H17N3O/c1-3-15-12-7-5-11(6-8-12)13(17)16(2)10-4-9-14/h5-8,15H,3-4,10H2,1-2H3. The molecule has 90 valence electrons. The number of carbonyl (C=O) groups excluding carboxylic acids is 1. The van der Waals surface area contributed by atoms with Gasteiger partial charge in [0.15, 0.2) is 0 Å². The maximum absolute atomic E-state index is 11.9. The minimum Gasteiger partial charge on any atom is -0.385 e. The fourth-order valence-corrected chi connectivity index (χ4v) is 1.47. The van der Waals surface area contributed by atoms with Crippen LogP contribution in [0.3, 0.4) is 0 Å². The highest BCUT2D eigenvalue weighted by molar-refractivity contribution is 5.94. The summed E-state index contributed by atoms with van der Waals surface area (Å²) in [6.07, 6.45) is 0.359. The van der Waals surface area contributed by atoms with Gasteiger partial charge in [-0.3, -0.25) is 4.79 Å². The van der Waals surface area contributed by atoms with Crippen molar-refractivity contribution in [2.75, 3.05) is 25.5 Å². The van der Waals surface area contributed by atoms with Crippen molar-refractivity contribution in [3.63, 3.8) is 0 Å². The number of hydrogen-bond acceptors (Lipinski definition) is 3. The van der Waals surface area contributed by atoms with Crippen molar-refractivity contribution in [3.8, 4) is 6.07 Å². The van der Waals surface area contributed by atoms with Gasteiger partial charge in [0.05, 0.1) is 12.5 Å². The maximum Gasteiger partial charge on any atom is 0.253 e. The van der Waals surface area contributed by atoms with Crippen LogP contribution in [-0.2, 0) is 0 Å². The number of anilines is 1. The highest BCUT2D eigenvalue weighted by Crippen LogP contribution is 2.10. The van der Waals surface area contributed by atoms with E-state index in [1.54, 1.807) is 24.1 Å². The quantitative estimate of drug-likeness (QED) is 0.844. The Morgan fingerprint density at radius 1 is 1.41 bits per heavy atom. The van der Waals surface area contributed by atoms with Crippen LogP contribution < -0.4 is 5.32 Å². The van der Waals surface area contributed by atoms with E-state index in [2.05, 4.69) is 5.32 Å². The first-order valence-electron chi connectivity index (χ1n) is 5.65. The Balaban J connectivity index is 2.66. The zero-order valence-electron chi connectivity index (χ0n) is 10.2. The second kappa shape index (κ2) is 6.54. The maximum atomic E-state index is 11.9. The van der Waals surface area contributed by atoms with Crippen LogP contribution in [-0.4, -0.2) is 30.9 Å². The molecule has 0 aliphatic carbocycles. The number of amides is 1. The number of nitrogens with one attached hydrogen (secondary N) is 1. The van der Waals surface area contributed by atoms with Crippen LogP contribution in [0.4, 0.5) is 5.69 Å². The fraction of sp³-hybridized carbons (Fsp3) is 0.385. The fourth-order valence-electron chi connectivity index (χ4n) is 1.47. The van der Waals surface area contributed by atoms with Crippen molar-refractivity contribution >= 4 is 11.6 Å². The molecule has 0 saturated heterocycles. The van der Waals surface area contributed by atoms with Crippen LogP contribution in [0.1, 0.15) is 23.7 Å². The van der Waals surface area contributed by atoms with Gasteiger partial charge in [0.25, 0.3) is 5.91 Å². The molecular weight excluding hydrogens is 214 g/mol. The normalized spacial score (nSPS) is 9.47. The molecule has 4 nitrogen and oxygen atoms in total. The predicted molar refractivity (Wildman–Crippen MR) is 67.8 cm³/mol. The number of nitriles is 1. The Kier molecular flexibility index (Phi) is 5.02. The third-order valence-electron chi connectivity index (χ3n) is 2.42. The molecule has 4 heteroatoms. The lowest BCUT2D eigenvalue weighted by Crippen LogP contribution is -2.27. The van der Waals surface area contributed by atoms with Gasteiger partial charge < -0.3 is 10.2 Å². The van der Waals surface area contributed by atoms with Crippen LogP contribution in [0.15, 0.2) is 24.3 Å². The van der Waals surface area contributed by atoms with E-state index in [0.29, 0.717) is 18.5 Å². The number of benzene rings is 1. The number of rotatable bonds is 5. The number of nitrogens with zero attached hydrogens (tertiary/aromatic N) is 2. The van der Waals surface area contributed by atoms with Gasteiger partial charge >= 0.3 is 0 Å². The molecule has 0 saturated carbocycles. The summed E-state index contributed by atoms with van der Waals surface area (Å²) in [4.78, 5) is 13.5. The summed E-state index contributed by atoms with van der Waals surface area (Å²) in [6, 6.07) is 9.38. The molecule has 0 spiro atoms. The first-order valence-corrected chi connectivity index (χ1v) is 5.65. The molecular formula is C13H17N3O. The average Bonchev–Trinajstić information content (AvgIpc) is 2.36. The van der Waals surface area contributed by atoms with E-state index in [-0.39, 0.29) is 5.91 Å². The summed E-state index contributed by atoms with van der Waals surface area (Å²) in [6.45, 7) is 3.34. The van der Waals surface area contributed by atoms with E-state index in [4.69, 9.17) is 5.26 Å². The molecule has 0 heterocycles. The largest absolute Gasteiger partial charge is 0.385 e. The van der Waals surface area contributed by atoms with E-state index in [9.17, 15) is 4.79 Å². The summed E-state index contributed by atoms with van der Waals surface area (Å²) in [5.41, 5.74) is 1.65. The third kappa shape index (κ3) is 3.80. The van der Waals surface area contributed by atoms with Crippen LogP contribution in [0, 0.1) is 11.3 Å². The molecule has 1 rings (SSSR count). The summed E-state index contributed by atoms with van der Waals surface area (Å²) in [5, 5.41) is 11.6. The lowest BCUT2D eigenvalue weighted by molar-refractivity contribution is 0.0798. The van der Waals surface area contributed by atoms with Crippen LogP contribution in [0.25, 0.3) is 0 Å². The predicted octanol–water partition coefficient (Wildman–Crippen LogP) is 2.10. The molecule has 0 aliphatic rings. The Morgan fingerprint density at radius 3 is 2.59 bits per heavy atom. The van der Waals surface area contributed by atoms with E-state index >= 15 is 0 Å². The van der Waals surface area contributed by atoms with Gasteiger partial charge in [0.1, 0.15) is 0 Å². The highest BCUT2D eigenvalue weighted by atomic mass is 16.2. The summed E-state index contributed by atoms with van der Waals surface area (Å²) in [7, 11) is 1.71. The zero-order chi connectivity index (χ0) is 12.7. The summed E-state index contributed by atoms with van der Waals surface area (Å²) < 4.78 is 0. The lowest BCUT2D eigenvalue weighted by Gasteiger charge is -2.15. The molecule has 0 aromatic heterocycles. The highest BCUT2D eigenvalue weighted by Gasteiger charge is 2.10. The molecule has 0 radical (unpaired) electrons. The molecule has 0 aliphatic heterocycles. The van der Waals surface area contributed by atoms with Gasteiger partial charge in [-0.2, -0.15) is 5.26 Å². The van der Waals surface area contributed by atoms with E-state index in [1.807, 2.05) is 25.1 Å². The van der Waals surface area contributed by atoms with E-state index in [1.165, 1.54) is 0 Å². The van der Waals surface area contributed by atoms with Crippen molar-refractivity contribution in [1.82, 2.24) is 4.90 Å².